The summed E-state index contributed by atoms with van der Waals surface area (Å²) in [6.45, 7) is 8.83. The van der Waals surface area contributed by atoms with E-state index in [1.165, 1.54) is 16.7 Å². The average molecular weight is 538 g/mol. The second kappa shape index (κ2) is 9.17. The normalized spacial score (nSPS) is 15.2. The maximum atomic E-state index is 13.5. The van der Waals surface area contributed by atoms with Crippen molar-refractivity contribution in [2.24, 2.45) is 0 Å². The number of hydrogen-bond acceptors (Lipinski definition) is 4. The fourth-order valence-electron chi connectivity index (χ4n) is 6.56. The number of hydrogen-bond donors (Lipinski definition) is 0. The van der Waals surface area contributed by atoms with Crippen LogP contribution in [0.2, 0.25) is 0 Å². The van der Waals surface area contributed by atoms with Crippen molar-refractivity contribution in [1.29, 1.82) is 0 Å². The van der Waals surface area contributed by atoms with Gasteiger partial charge in [-0.15, -0.1) is 0 Å². The number of anilines is 3. The van der Waals surface area contributed by atoms with Crippen LogP contribution in [0.5, 0.6) is 0 Å². The highest BCUT2D eigenvalue weighted by Gasteiger charge is 2.40. The number of rotatable bonds is 4. The summed E-state index contributed by atoms with van der Waals surface area (Å²) >= 11 is 0. The first-order valence-electron chi connectivity index (χ1n) is 14.3. The van der Waals surface area contributed by atoms with Crippen LogP contribution in [-0.2, 0) is 18.3 Å². The van der Waals surface area contributed by atoms with Gasteiger partial charge in [0.25, 0.3) is 0 Å². The first kappa shape index (κ1) is 25.3. The Kier molecular flexibility index (Phi) is 5.65. The maximum absolute atomic E-state index is 13.5. The van der Waals surface area contributed by atoms with Gasteiger partial charge in [-0.1, -0.05) is 88.4 Å². The molecule has 0 unspecified atom stereocenters. The standard InChI is InChI=1S/C37H31NO3/c1-5-22-14-11-16-31-33(22)38(32-17-10-9-15-30(32)37(31,3)4)36-23(6-2)18-26(41-36)21-29-34(39)27-19-24-12-7-8-13-25(24)20-28(27)35(29)40/h7-21H,5-6H2,1-4H3. The Balaban J connectivity index is 1.39. The van der Waals surface area contributed by atoms with E-state index in [1.54, 1.807) is 6.08 Å². The molecule has 4 aromatic carbocycles. The van der Waals surface area contributed by atoms with Crippen LogP contribution in [0, 0.1) is 0 Å². The largest absolute Gasteiger partial charge is 0.440 e. The van der Waals surface area contributed by atoms with Gasteiger partial charge in [0.2, 0.25) is 5.88 Å². The Labute approximate surface area is 239 Å². The monoisotopic (exact) mass is 537 g/mol. The highest BCUT2D eigenvalue weighted by Crippen LogP contribution is 2.54. The van der Waals surface area contributed by atoms with Gasteiger partial charge in [-0.25, -0.2) is 0 Å². The summed E-state index contributed by atoms with van der Waals surface area (Å²) < 4.78 is 6.61. The third kappa shape index (κ3) is 3.67. The molecule has 1 aliphatic heterocycles. The lowest BCUT2D eigenvalue weighted by atomic mass is 9.72. The molecule has 202 valence electrons. The minimum absolute atomic E-state index is 0.146. The average Bonchev–Trinajstić information content (AvgIpc) is 3.50. The van der Waals surface area contributed by atoms with Crippen molar-refractivity contribution < 1.29 is 14.0 Å². The van der Waals surface area contributed by atoms with E-state index in [-0.39, 0.29) is 22.6 Å². The van der Waals surface area contributed by atoms with Crippen molar-refractivity contribution in [2.75, 3.05) is 4.90 Å². The van der Waals surface area contributed by atoms with Crippen molar-refractivity contribution in [1.82, 2.24) is 0 Å². The molecule has 0 bridgehead atoms. The van der Waals surface area contributed by atoms with Crippen LogP contribution in [0.4, 0.5) is 17.3 Å². The number of ketones is 2. The molecule has 0 saturated heterocycles. The summed E-state index contributed by atoms with van der Waals surface area (Å²) in [4.78, 5) is 29.2. The quantitative estimate of drug-likeness (QED) is 0.169. The van der Waals surface area contributed by atoms with Crippen molar-refractivity contribution in [3.05, 3.63) is 130 Å². The van der Waals surface area contributed by atoms with E-state index in [2.05, 4.69) is 75.1 Å². The summed E-state index contributed by atoms with van der Waals surface area (Å²) in [5.41, 5.74) is 7.84. The molecule has 0 radical (unpaired) electrons. The second-order valence-corrected chi connectivity index (χ2v) is 11.4. The van der Waals surface area contributed by atoms with E-state index < -0.39 is 0 Å². The molecule has 2 heterocycles. The van der Waals surface area contributed by atoms with Gasteiger partial charge in [0.05, 0.1) is 16.9 Å². The van der Waals surface area contributed by atoms with Crippen LogP contribution >= 0.6 is 0 Å². The number of allylic oxidation sites excluding steroid dienone is 1. The van der Waals surface area contributed by atoms with Gasteiger partial charge in [-0.05, 0) is 70.6 Å². The van der Waals surface area contributed by atoms with Crippen LogP contribution in [-0.4, -0.2) is 11.6 Å². The minimum atomic E-state index is -0.254. The molecule has 0 fully saturated rings. The van der Waals surface area contributed by atoms with Gasteiger partial charge in [0.1, 0.15) is 5.76 Å². The van der Waals surface area contributed by atoms with E-state index in [4.69, 9.17) is 4.42 Å². The summed E-state index contributed by atoms with van der Waals surface area (Å²) in [6, 6.07) is 28.5. The Morgan fingerprint density at radius 3 is 2.00 bits per heavy atom. The smallest absolute Gasteiger partial charge is 0.208 e. The maximum Gasteiger partial charge on any atom is 0.208 e. The molecule has 4 nitrogen and oxygen atoms in total. The molecule has 4 heteroatoms. The zero-order chi connectivity index (χ0) is 28.5. The van der Waals surface area contributed by atoms with Crippen molar-refractivity contribution in [2.45, 2.75) is 46.0 Å². The number of furan rings is 1. The molecule has 0 saturated carbocycles. The van der Waals surface area contributed by atoms with E-state index in [1.807, 2.05) is 42.5 Å². The Hall–Kier alpha value is -4.70. The minimum Gasteiger partial charge on any atom is -0.440 e. The van der Waals surface area contributed by atoms with Crippen molar-refractivity contribution >= 4 is 45.7 Å². The Bertz CT molecular complexity index is 1880. The summed E-state index contributed by atoms with van der Waals surface area (Å²) in [5, 5.41) is 1.89. The summed E-state index contributed by atoms with van der Waals surface area (Å²) in [7, 11) is 0. The van der Waals surface area contributed by atoms with Crippen LogP contribution in [0.15, 0.2) is 94.9 Å². The van der Waals surface area contributed by atoms with Crippen LogP contribution in [0.3, 0.4) is 0 Å². The third-order valence-electron chi connectivity index (χ3n) is 8.76. The highest BCUT2D eigenvalue weighted by atomic mass is 16.4. The van der Waals surface area contributed by atoms with Gasteiger partial charge in [-0.3, -0.25) is 14.5 Å². The lowest BCUT2D eigenvalue weighted by Crippen LogP contribution is -2.31. The second-order valence-electron chi connectivity index (χ2n) is 11.4. The number of carbonyl (C=O) groups is 2. The molecule has 0 spiro atoms. The van der Waals surface area contributed by atoms with Crippen LogP contribution in [0.25, 0.3) is 16.8 Å². The molecule has 0 amide bonds. The summed E-state index contributed by atoms with van der Waals surface area (Å²) in [6.07, 6.45) is 3.25. The fraction of sp³-hybridized carbons (Fsp3) is 0.189. The molecule has 1 aliphatic carbocycles. The Morgan fingerprint density at radius 2 is 1.34 bits per heavy atom. The topological polar surface area (TPSA) is 50.5 Å². The third-order valence-corrected chi connectivity index (χ3v) is 8.76. The predicted octanol–water partition coefficient (Wildman–Crippen LogP) is 9.13. The molecule has 0 N–H and O–H groups in total. The molecule has 5 aromatic rings. The number of benzene rings is 4. The number of aryl methyl sites for hydroxylation is 2. The van der Waals surface area contributed by atoms with E-state index in [0.29, 0.717) is 16.9 Å². The van der Waals surface area contributed by atoms with E-state index in [9.17, 15) is 9.59 Å². The van der Waals surface area contributed by atoms with E-state index >= 15 is 0 Å². The van der Waals surface area contributed by atoms with Crippen molar-refractivity contribution in [3.63, 3.8) is 0 Å². The van der Waals surface area contributed by atoms with Gasteiger partial charge in [0, 0.05) is 22.1 Å². The zero-order valence-electron chi connectivity index (χ0n) is 23.7. The van der Waals surface area contributed by atoms with Crippen LogP contribution in [0.1, 0.15) is 76.4 Å². The number of para-hydroxylation sites is 2. The fourth-order valence-corrected chi connectivity index (χ4v) is 6.56. The van der Waals surface area contributed by atoms with Gasteiger partial charge >= 0.3 is 0 Å². The molecule has 2 aliphatic rings. The van der Waals surface area contributed by atoms with Crippen LogP contribution < -0.4 is 4.90 Å². The lowest BCUT2D eigenvalue weighted by molar-refractivity contribution is 0.0990. The van der Waals surface area contributed by atoms with E-state index in [0.717, 1.165) is 46.4 Å². The number of nitrogens with zero attached hydrogens (tertiary/aromatic N) is 1. The van der Waals surface area contributed by atoms with Crippen molar-refractivity contribution in [3.8, 4) is 0 Å². The number of fused-ring (bicyclic) bond motifs is 4. The molecule has 0 atom stereocenters. The van der Waals surface area contributed by atoms with Gasteiger partial charge in [-0.2, -0.15) is 0 Å². The molecular weight excluding hydrogens is 506 g/mol. The highest BCUT2D eigenvalue weighted by molar-refractivity contribution is 6.42. The predicted molar refractivity (Wildman–Crippen MR) is 165 cm³/mol. The number of carbonyl (C=O) groups excluding carboxylic acids is 2. The SMILES string of the molecule is CCc1cc(C=C2C(=O)c3cc4ccccc4cc3C2=O)oc1N1c2ccccc2C(C)(C)c2cccc(CC)c21. The van der Waals surface area contributed by atoms with Gasteiger partial charge < -0.3 is 4.42 Å². The Morgan fingerprint density at radius 1 is 0.732 bits per heavy atom. The number of Topliss-reactive ketones (excluding diaryl/α,β-unsaturated/α-hetero) is 2. The summed E-state index contributed by atoms with van der Waals surface area (Å²) in [5.74, 6) is 0.722. The molecule has 1 aromatic heterocycles. The molecular formula is C37H31NO3. The first-order valence-corrected chi connectivity index (χ1v) is 14.3. The van der Waals surface area contributed by atoms with Gasteiger partial charge in [0.15, 0.2) is 11.6 Å². The zero-order valence-corrected chi connectivity index (χ0v) is 23.7. The molecule has 41 heavy (non-hydrogen) atoms. The molecule has 7 rings (SSSR count). The lowest BCUT2D eigenvalue weighted by Gasteiger charge is -2.42. The first-order chi connectivity index (χ1) is 19.8.